The highest BCUT2D eigenvalue weighted by atomic mass is 16.3. The van der Waals surface area contributed by atoms with Crippen LogP contribution in [0.2, 0.25) is 0 Å². The number of aryl methyl sites for hydroxylation is 1. The Labute approximate surface area is 96.7 Å². The van der Waals surface area contributed by atoms with E-state index in [0.29, 0.717) is 11.5 Å². The lowest BCUT2D eigenvalue weighted by molar-refractivity contribution is 0.249. The number of anilines is 1. The zero-order valence-electron chi connectivity index (χ0n) is 9.99. The van der Waals surface area contributed by atoms with Crippen molar-refractivity contribution in [3.8, 4) is 6.07 Å². The van der Waals surface area contributed by atoms with Gasteiger partial charge in [-0.1, -0.05) is 26.0 Å². The lowest BCUT2D eigenvalue weighted by atomic mass is 10.0. The van der Waals surface area contributed by atoms with Crippen molar-refractivity contribution >= 4 is 5.69 Å². The zero-order valence-corrected chi connectivity index (χ0v) is 9.99. The molecule has 0 aliphatic carbocycles. The maximum absolute atomic E-state index is 9.27. The maximum Gasteiger partial charge on any atom is 0.101 e. The van der Waals surface area contributed by atoms with Gasteiger partial charge in [0.15, 0.2) is 0 Å². The monoisotopic (exact) mass is 218 g/mol. The standard InChI is InChI=1S/C13H18N2O/c1-9(2)12(8-16)15-13-10(3)5-4-6-11(13)7-14/h4-6,9,12,15-16H,8H2,1-3H3. The minimum Gasteiger partial charge on any atom is -0.394 e. The number of para-hydroxylation sites is 1. The second kappa shape index (κ2) is 5.53. The summed E-state index contributed by atoms with van der Waals surface area (Å²) in [5, 5.41) is 21.5. The van der Waals surface area contributed by atoms with Gasteiger partial charge in [-0.05, 0) is 24.5 Å². The Bertz CT molecular complexity index is 393. The molecule has 0 aliphatic heterocycles. The molecule has 3 nitrogen and oxygen atoms in total. The number of nitriles is 1. The van der Waals surface area contributed by atoms with Crippen LogP contribution in [0.1, 0.15) is 25.0 Å². The van der Waals surface area contributed by atoms with Crippen molar-refractivity contribution in [2.24, 2.45) is 5.92 Å². The minimum absolute atomic E-state index is 0.0202. The van der Waals surface area contributed by atoms with Crippen molar-refractivity contribution in [1.29, 1.82) is 5.26 Å². The Balaban J connectivity index is 3.00. The van der Waals surface area contributed by atoms with E-state index < -0.39 is 0 Å². The van der Waals surface area contributed by atoms with E-state index in [1.165, 1.54) is 0 Å². The van der Waals surface area contributed by atoms with Crippen LogP contribution in [0.25, 0.3) is 0 Å². The summed E-state index contributed by atoms with van der Waals surface area (Å²) >= 11 is 0. The van der Waals surface area contributed by atoms with Crippen LogP contribution >= 0.6 is 0 Å². The molecule has 0 spiro atoms. The Hall–Kier alpha value is -1.53. The first-order chi connectivity index (χ1) is 7.60. The Morgan fingerprint density at radius 3 is 2.62 bits per heavy atom. The molecule has 3 heteroatoms. The number of nitrogens with zero attached hydrogens (tertiary/aromatic N) is 1. The highest BCUT2D eigenvalue weighted by Gasteiger charge is 2.14. The molecule has 16 heavy (non-hydrogen) atoms. The Morgan fingerprint density at radius 1 is 1.44 bits per heavy atom. The molecule has 0 amide bonds. The molecule has 2 N–H and O–H groups in total. The topological polar surface area (TPSA) is 56.0 Å². The molecule has 0 heterocycles. The normalized spacial score (nSPS) is 12.2. The van der Waals surface area contributed by atoms with Gasteiger partial charge < -0.3 is 10.4 Å². The first-order valence-corrected chi connectivity index (χ1v) is 5.47. The van der Waals surface area contributed by atoms with Crippen LogP contribution in [0.3, 0.4) is 0 Å². The highest BCUT2D eigenvalue weighted by Crippen LogP contribution is 2.22. The molecule has 1 unspecified atom stereocenters. The van der Waals surface area contributed by atoms with E-state index in [-0.39, 0.29) is 12.6 Å². The average Bonchev–Trinajstić information content (AvgIpc) is 2.26. The summed E-state index contributed by atoms with van der Waals surface area (Å²) in [5.74, 6) is 0.316. The fourth-order valence-corrected chi connectivity index (χ4v) is 1.56. The molecule has 0 fully saturated rings. The van der Waals surface area contributed by atoms with Crippen LogP contribution in [0.5, 0.6) is 0 Å². The van der Waals surface area contributed by atoms with E-state index in [4.69, 9.17) is 5.26 Å². The van der Waals surface area contributed by atoms with Crippen LogP contribution < -0.4 is 5.32 Å². The second-order valence-corrected chi connectivity index (χ2v) is 4.29. The summed E-state index contributed by atoms with van der Waals surface area (Å²) in [4.78, 5) is 0. The van der Waals surface area contributed by atoms with Crippen LogP contribution in [0.15, 0.2) is 18.2 Å². The maximum atomic E-state index is 9.27. The van der Waals surface area contributed by atoms with Gasteiger partial charge in [0.2, 0.25) is 0 Å². The van der Waals surface area contributed by atoms with Crippen LogP contribution in [-0.4, -0.2) is 17.8 Å². The molecule has 1 rings (SSSR count). The number of aliphatic hydroxyl groups excluding tert-OH is 1. The zero-order chi connectivity index (χ0) is 12.1. The Morgan fingerprint density at radius 2 is 2.12 bits per heavy atom. The summed E-state index contributed by atoms with van der Waals surface area (Å²) in [5.41, 5.74) is 2.48. The van der Waals surface area contributed by atoms with Crippen molar-refractivity contribution < 1.29 is 5.11 Å². The fourth-order valence-electron chi connectivity index (χ4n) is 1.56. The van der Waals surface area contributed by atoms with Gasteiger partial charge in [-0.3, -0.25) is 0 Å². The summed E-state index contributed by atoms with van der Waals surface area (Å²) in [6, 6.07) is 7.74. The third kappa shape index (κ3) is 2.74. The van der Waals surface area contributed by atoms with Gasteiger partial charge in [0.25, 0.3) is 0 Å². The molecular weight excluding hydrogens is 200 g/mol. The third-order valence-corrected chi connectivity index (χ3v) is 2.72. The van der Waals surface area contributed by atoms with Gasteiger partial charge in [-0.25, -0.2) is 0 Å². The Kier molecular flexibility index (Phi) is 4.33. The van der Waals surface area contributed by atoms with Crippen LogP contribution in [0, 0.1) is 24.2 Å². The molecule has 0 saturated heterocycles. The number of rotatable bonds is 4. The molecule has 0 aromatic heterocycles. The predicted molar refractivity (Wildman–Crippen MR) is 65.2 cm³/mol. The molecule has 0 aliphatic rings. The third-order valence-electron chi connectivity index (χ3n) is 2.72. The van der Waals surface area contributed by atoms with E-state index in [2.05, 4.69) is 11.4 Å². The van der Waals surface area contributed by atoms with Gasteiger partial charge in [0, 0.05) is 0 Å². The largest absolute Gasteiger partial charge is 0.394 e. The van der Waals surface area contributed by atoms with Gasteiger partial charge in [-0.15, -0.1) is 0 Å². The lowest BCUT2D eigenvalue weighted by Gasteiger charge is -2.23. The molecule has 1 atom stereocenters. The molecule has 0 bridgehead atoms. The van der Waals surface area contributed by atoms with Gasteiger partial charge in [0.1, 0.15) is 6.07 Å². The summed E-state index contributed by atoms with van der Waals surface area (Å²) < 4.78 is 0. The molecular formula is C13H18N2O. The molecule has 86 valence electrons. The quantitative estimate of drug-likeness (QED) is 0.815. The van der Waals surface area contributed by atoms with Crippen molar-refractivity contribution in [2.75, 3.05) is 11.9 Å². The van der Waals surface area contributed by atoms with Crippen molar-refractivity contribution in [1.82, 2.24) is 0 Å². The molecule has 1 aromatic carbocycles. The van der Waals surface area contributed by atoms with Crippen LogP contribution in [-0.2, 0) is 0 Å². The number of hydrogen-bond acceptors (Lipinski definition) is 3. The average molecular weight is 218 g/mol. The molecule has 1 aromatic rings. The fraction of sp³-hybridized carbons (Fsp3) is 0.462. The SMILES string of the molecule is Cc1cccc(C#N)c1NC(CO)C(C)C. The van der Waals surface area contributed by atoms with Crippen molar-refractivity contribution in [3.63, 3.8) is 0 Å². The van der Waals surface area contributed by atoms with Crippen molar-refractivity contribution in [3.05, 3.63) is 29.3 Å². The first-order valence-electron chi connectivity index (χ1n) is 5.47. The number of aliphatic hydroxyl groups is 1. The summed E-state index contributed by atoms with van der Waals surface area (Å²) in [6.45, 7) is 6.10. The van der Waals surface area contributed by atoms with Gasteiger partial charge >= 0.3 is 0 Å². The first kappa shape index (κ1) is 12.5. The summed E-state index contributed by atoms with van der Waals surface area (Å²) in [6.07, 6.45) is 0. The van der Waals surface area contributed by atoms with E-state index in [1.807, 2.05) is 32.9 Å². The van der Waals surface area contributed by atoms with E-state index in [1.54, 1.807) is 6.07 Å². The number of hydrogen-bond donors (Lipinski definition) is 2. The smallest absolute Gasteiger partial charge is 0.101 e. The van der Waals surface area contributed by atoms with E-state index in [0.717, 1.165) is 11.3 Å². The van der Waals surface area contributed by atoms with Gasteiger partial charge in [-0.2, -0.15) is 5.26 Å². The minimum atomic E-state index is -0.0202. The van der Waals surface area contributed by atoms with E-state index in [9.17, 15) is 5.11 Å². The lowest BCUT2D eigenvalue weighted by Crippen LogP contribution is -2.30. The molecule has 0 radical (unpaired) electrons. The molecule has 0 saturated carbocycles. The number of benzene rings is 1. The number of nitrogens with one attached hydrogen (secondary N) is 1. The second-order valence-electron chi connectivity index (χ2n) is 4.29. The predicted octanol–water partition coefficient (Wildman–Crippen LogP) is 2.30. The van der Waals surface area contributed by atoms with Crippen LogP contribution in [0.4, 0.5) is 5.69 Å². The highest BCUT2D eigenvalue weighted by molar-refractivity contribution is 5.62. The van der Waals surface area contributed by atoms with Gasteiger partial charge in [0.05, 0.1) is 23.9 Å². The van der Waals surface area contributed by atoms with E-state index >= 15 is 0 Å². The van der Waals surface area contributed by atoms with Crippen molar-refractivity contribution in [2.45, 2.75) is 26.8 Å². The summed E-state index contributed by atoms with van der Waals surface area (Å²) in [7, 11) is 0.